The zero-order valence-corrected chi connectivity index (χ0v) is 10.9. The van der Waals surface area contributed by atoms with Crippen molar-refractivity contribution in [3.63, 3.8) is 0 Å². The van der Waals surface area contributed by atoms with E-state index in [1.54, 1.807) is 12.1 Å². The van der Waals surface area contributed by atoms with Gasteiger partial charge in [0.15, 0.2) is 11.6 Å². The van der Waals surface area contributed by atoms with Crippen LogP contribution in [0.25, 0.3) is 0 Å². The zero-order valence-electron chi connectivity index (χ0n) is 10.9. The molecular weight excluding hydrogens is 249 g/mol. The van der Waals surface area contributed by atoms with Crippen LogP contribution in [0.15, 0.2) is 18.2 Å². The first-order valence-electron chi connectivity index (χ1n) is 6.37. The Labute approximate surface area is 111 Å². The summed E-state index contributed by atoms with van der Waals surface area (Å²) in [5.74, 6) is -1.05. The van der Waals surface area contributed by atoms with Gasteiger partial charge in [0.25, 0.3) is 0 Å². The molecule has 0 bridgehead atoms. The van der Waals surface area contributed by atoms with Crippen molar-refractivity contribution in [2.75, 3.05) is 20.2 Å². The smallest absolute Gasteiger partial charge is 0.306 e. The lowest BCUT2D eigenvalue weighted by Gasteiger charge is -2.30. The number of benzene rings is 1. The van der Waals surface area contributed by atoms with Gasteiger partial charge in [-0.2, -0.15) is 0 Å². The van der Waals surface area contributed by atoms with E-state index in [4.69, 9.17) is 9.84 Å². The second kappa shape index (κ2) is 6.02. The van der Waals surface area contributed by atoms with Crippen molar-refractivity contribution in [1.82, 2.24) is 4.90 Å². The molecule has 0 unspecified atom stereocenters. The number of likely N-dealkylation sites (tertiary alicyclic amines) is 1. The van der Waals surface area contributed by atoms with Gasteiger partial charge in [0.1, 0.15) is 0 Å². The monoisotopic (exact) mass is 267 g/mol. The topological polar surface area (TPSA) is 49.8 Å². The third kappa shape index (κ3) is 3.44. The Morgan fingerprint density at radius 2 is 2.16 bits per heavy atom. The number of ether oxygens (including phenoxy) is 1. The highest BCUT2D eigenvalue weighted by Crippen LogP contribution is 2.22. The zero-order chi connectivity index (χ0) is 13.8. The quantitative estimate of drug-likeness (QED) is 0.908. The molecule has 104 valence electrons. The van der Waals surface area contributed by atoms with Gasteiger partial charge in [-0.25, -0.2) is 4.39 Å². The lowest BCUT2D eigenvalue weighted by molar-refractivity contribution is -0.143. The molecule has 1 N–H and O–H groups in total. The Morgan fingerprint density at radius 1 is 1.47 bits per heavy atom. The molecule has 1 heterocycles. The van der Waals surface area contributed by atoms with Crippen LogP contribution in [0.2, 0.25) is 0 Å². The number of aliphatic carboxylic acids is 1. The highest BCUT2D eigenvalue weighted by molar-refractivity contribution is 5.70. The van der Waals surface area contributed by atoms with Crippen LogP contribution in [0.1, 0.15) is 18.4 Å². The summed E-state index contributed by atoms with van der Waals surface area (Å²) < 4.78 is 18.2. The van der Waals surface area contributed by atoms with Crippen molar-refractivity contribution >= 4 is 5.97 Å². The minimum Gasteiger partial charge on any atom is -0.494 e. The van der Waals surface area contributed by atoms with Crippen molar-refractivity contribution in [3.05, 3.63) is 29.6 Å². The average Bonchev–Trinajstić information content (AvgIpc) is 2.41. The Hall–Kier alpha value is -1.62. The van der Waals surface area contributed by atoms with Crippen molar-refractivity contribution < 1.29 is 19.0 Å². The second-order valence-corrected chi connectivity index (χ2v) is 4.86. The molecule has 0 aliphatic carbocycles. The number of hydrogen-bond donors (Lipinski definition) is 1. The fraction of sp³-hybridized carbons (Fsp3) is 0.500. The molecule has 0 atom stereocenters. The predicted molar refractivity (Wildman–Crippen MR) is 68.6 cm³/mol. The second-order valence-electron chi connectivity index (χ2n) is 4.86. The van der Waals surface area contributed by atoms with E-state index in [0.29, 0.717) is 19.4 Å². The van der Waals surface area contributed by atoms with E-state index in [-0.39, 0.29) is 17.5 Å². The van der Waals surface area contributed by atoms with E-state index in [9.17, 15) is 9.18 Å². The third-order valence-corrected chi connectivity index (χ3v) is 3.56. The lowest BCUT2D eigenvalue weighted by Crippen LogP contribution is -2.35. The number of halogens is 1. The first-order valence-corrected chi connectivity index (χ1v) is 6.37. The van der Waals surface area contributed by atoms with Crippen LogP contribution in [0, 0.1) is 11.7 Å². The van der Waals surface area contributed by atoms with Gasteiger partial charge in [-0.3, -0.25) is 9.69 Å². The van der Waals surface area contributed by atoms with Gasteiger partial charge in [0.05, 0.1) is 13.0 Å². The molecule has 1 aromatic carbocycles. The molecular formula is C14H18FNO3. The molecule has 0 radical (unpaired) electrons. The van der Waals surface area contributed by atoms with Crippen LogP contribution in [0.4, 0.5) is 4.39 Å². The average molecular weight is 267 g/mol. The molecule has 19 heavy (non-hydrogen) atoms. The van der Waals surface area contributed by atoms with E-state index >= 15 is 0 Å². The van der Waals surface area contributed by atoms with E-state index in [1.165, 1.54) is 13.2 Å². The highest BCUT2D eigenvalue weighted by atomic mass is 19.1. The van der Waals surface area contributed by atoms with Crippen molar-refractivity contribution in [2.45, 2.75) is 19.4 Å². The molecule has 1 aromatic rings. The maximum atomic E-state index is 13.3. The molecule has 1 aliphatic rings. The van der Waals surface area contributed by atoms with Crippen LogP contribution < -0.4 is 4.74 Å². The van der Waals surface area contributed by atoms with Crippen LogP contribution in [-0.2, 0) is 11.3 Å². The number of rotatable bonds is 4. The van der Waals surface area contributed by atoms with Crippen molar-refractivity contribution in [2.24, 2.45) is 5.92 Å². The highest BCUT2D eigenvalue weighted by Gasteiger charge is 2.24. The first-order chi connectivity index (χ1) is 9.10. The molecule has 1 saturated heterocycles. The number of piperidine rings is 1. The Kier molecular flexibility index (Phi) is 4.37. The van der Waals surface area contributed by atoms with E-state index in [0.717, 1.165) is 18.7 Å². The van der Waals surface area contributed by atoms with Crippen LogP contribution in [0.5, 0.6) is 5.75 Å². The van der Waals surface area contributed by atoms with Gasteiger partial charge in [-0.05, 0) is 43.6 Å². The number of carbonyl (C=O) groups is 1. The molecule has 4 nitrogen and oxygen atoms in total. The standard InChI is InChI=1S/C14H18FNO3/c1-19-13-8-10(2-3-12(13)15)9-16-6-4-11(5-7-16)14(17)18/h2-3,8,11H,4-7,9H2,1H3,(H,17,18). The van der Waals surface area contributed by atoms with Gasteiger partial charge in [-0.1, -0.05) is 6.07 Å². The number of nitrogens with zero attached hydrogens (tertiary/aromatic N) is 1. The molecule has 1 fully saturated rings. The summed E-state index contributed by atoms with van der Waals surface area (Å²) in [5.41, 5.74) is 0.979. The molecule has 0 saturated carbocycles. The van der Waals surface area contributed by atoms with E-state index in [1.807, 2.05) is 0 Å². The van der Waals surface area contributed by atoms with Crippen LogP contribution >= 0.6 is 0 Å². The number of carboxylic acid groups (broad SMARTS) is 1. The van der Waals surface area contributed by atoms with Crippen molar-refractivity contribution in [3.8, 4) is 5.75 Å². The molecule has 5 heteroatoms. The Balaban J connectivity index is 1.94. The number of hydrogen-bond acceptors (Lipinski definition) is 3. The molecule has 0 amide bonds. The summed E-state index contributed by atoms with van der Waals surface area (Å²) in [6.45, 7) is 2.22. The molecule has 1 aliphatic heterocycles. The summed E-state index contributed by atoms with van der Waals surface area (Å²) >= 11 is 0. The largest absolute Gasteiger partial charge is 0.494 e. The van der Waals surface area contributed by atoms with Gasteiger partial charge >= 0.3 is 5.97 Å². The molecule has 0 spiro atoms. The van der Waals surface area contributed by atoms with Crippen LogP contribution in [-0.4, -0.2) is 36.2 Å². The van der Waals surface area contributed by atoms with Crippen molar-refractivity contribution in [1.29, 1.82) is 0 Å². The third-order valence-electron chi connectivity index (χ3n) is 3.56. The van der Waals surface area contributed by atoms with Gasteiger partial charge in [-0.15, -0.1) is 0 Å². The Morgan fingerprint density at radius 3 is 2.74 bits per heavy atom. The van der Waals surface area contributed by atoms with Gasteiger partial charge in [0.2, 0.25) is 0 Å². The maximum absolute atomic E-state index is 13.3. The minimum absolute atomic E-state index is 0.223. The van der Waals surface area contributed by atoms with Gasteiger partial charge in [0, 0.05) is 6.54 Å². The Bertz CT molecular complexity index is 456. The van der Waals surface area contributed by atoms with Crippen LogP contribution in [0.3, 0.4) is 0 Å². The number of methoxy groups -OCH3 is 1. The SMILES string of the molecule is COc1cc(CN2CCC(C(=O)O)CC2)ccc1F. The fourth-order valence-electron chi connectivity index (χ4n) is 2.40. The lowest BCUT2D eigenvalue weighted by atomic mass is 9.97. The summed E-state index contributed by atoms with van der Waals surface area (Å²) in [4.78, 5) is 13.1. The number of carboxylic acids is 1. The fourth-order valence-corrected chi connectivity index (χ4v) is 2.40. The summed E-state index contributed by atoms with van der Waals surface area (Å²) in [7, 11) is 1.44. The first kappa shape index (κ1) is 13.8. The molecule has 2 rings (SSSR count). The minimum atomic E-state index is -0.705. The van der Waals surface area contributed by atoms with Gasteiger partial charge < -0.3 is 9.84 Å². The van der Waals surface area contributed by atoms with E-state index < -0.39 is 5.97 Å². The summed E-state index contributed by atoms with van der Waals surface area (Å²) in [6, 6.07) is 4.83. The maximum Gasteiger partial charge on any atom is 0.306 e. The molecule has 0 aromatic heterocycles. The van der Waals surface area contributed by atoms with E-state index in [2.05, 4.69) is 4.90 Å². The normalized spacial score (nSPS) is 17.4. The summed E-state index contributed by atoms with van der Waals surface area (Å²) in [5, 5.41) is 8.94. The summed E-state index contributed by atoms with van der Waals surface area (Å²) in [6.07, 6.45) is 1.35. The predicted octanol–water partition coefficient (Wildman–Crippen LogP) is 2.13.